The van der Waals surface area contributed by atoms with Crippen molar-refractivity contribution in [1.82, 2.24) is 0 Å². The highest BCUT2D eigenvalue weighted by atomic mass is 16.7. The molecule has 3 N–H and O–H groups in total. The molecule has 0 bridgehead atoms. The first-order chi connectivity index (χ1) is 10.3. The molecule has 0 amide bonds. The van der Waals surface area contributed by atoms with Gasteiger partial charge in [-0.1, -0.05) is 0 Å². The van der Waals surface area contributed by atoms with E-state index in [0.717, 1.165) is 13.3 Å². The molecular formula is C16H31NO6. The first-order valence-electron chi connectivity index (χ1n) is 7.81. The van der Waals surface area contributed by atoms with Gasteiger partial charge in [-0.2, -0.15) is 0 Å². The molecule has 7 heteroatoms. The third-order valence-corrected chi connectivity index (χ3v) is 2.73. The number of aliphatic carboxylic acids is 1. The number of carboxylic acid groups (broad SMARTS) is 1. The minimum absolute atomic E-state index is 0.0428. The van der Waals surface area contributed by atoms with E-state index in [4.69, 9.17) is 29.8 Å². The molecule has 1 aliphatic heterocycles. The quantitative estimate of drug-likeness (QED) is 0.758. The van der Waals surface area contributed by atoms with Crippen LogP contribution in [-0.4, -0.2) is 47.2 Å². The lowest BCUT2D eigenvalue weighted by atomic mass is 10.0. The summed E-state index contributed by atoms with van der Waals surface area (Å²) < 4.78 is 16.9. The summed E-state index contributed by atoms with van der Waals surface area (Å²) in [5.41, 5.74) is 5.10. The summed E-state index contributed by atoms with van der Waals surface area (Å²) in [6.45, 7) is 10.9. The number of ether oxygens (including phenoxy) is 3. The summed E-state index contributed by atoms with van der Waals surface area (Å²) in [6.07, 6.45) is 1.58. The smallest absolute Gasteiger partial charge is 0.308 e. The topological polar surface area (TPSA) is 108 Å². The van der Waals surface area contributed by atoms with Crippen molar-refractivity contribution >= 4 is 11.9 Å². The van der Waals surface area contributed by atoms with Crippen LogP contribution in [-0.2, 0) is 23.8 Å². The van der Waals surface area contributed by atoms with Gasteiger partial charge in [0.2, 0.25) is 0 Å². The Bertz CT molecular complexity index is 385. The normalized spacial score (nSPS) is 23.4. The highest BCUT2D eigenvalue weighted by Crippen LogP contribution is 2.30. The van der Waals surface area contributed by atoms with Gasteiger partial charge >= 0.3 is 5.97 Å². The minimum atomic E-state index is -0.833. The van der Waals surface area contributed by atoms with Crippen LogP contribution in [0.15, 0.2) is 0 Å². The van der Waals surface area contributed by atoms with E-state index in [-0.39, 0.29) is 24.6 Å². The van der Waals surface area contributed by atoms with Crippen LogP contribution in [0.1, 0.15) is 60.8 Å². The van der Waals surface area contributed by atoms with Gasteiger partial charge in [-0.05, 0) is 47.6 Å². The van der Waals surface area contributed by atoms with Gasteiger partial charge in [0, 0.05) is 13.3 Å². The number of rotatable bonds is 4. The number of carboxylic acids is 1. The van der Waals surface area contributed by atoms with Gasteiger partial charge in [0.05, 0.1) is 18.6 Å². The van der Waals surface area contributed by atoms with Crippen LogP contribution < -0.4 is 5.73 Å². The van der Waals surface area contributed by atoms with E-state index in [9.17, 15) is 4.79 Å². The number of hydrogen-bond acceptors (Lipinski definition) is 6. The second-order valence-electron chi connectivity index (χ2n) is 7.00. The Hall–Kier alpha value is -1.18. The van der Waals surface area contributed by atoms with Crippen molar-refractivity contribution in [2.45, 2.75) is 84.4 Å². The average molecular weight is 333 g/mol. The fourth-order valence-electron chi connectivity index (χ4n) is 2.28. The standard InChI is InChI=1S/C14H27NO4.C2H4O2/c1-13(2,3)19-12(16)9-11-8-10(6-7-15)17-14(4,5)18-11;1-2(3)4/h10-11H,6-9,15H2,1-5H3;1H3,(H,3,4)/t10-,11-;/m1./s1. The van der Waals surface area contributed by atoms with Crippen molar-refractivity contribution in [3.05, 3.63) is 0 Å². The van der Waals surface area contributed by atoms with E-state index in [1.807, 2.05) is 34.6 Å². The summed E-state index contributed by atoms with van der Waals surface area (Å²) >= 11 is 0. The van der Waals surface area contributed by atoms with Crippen molar-refractivity contribution in [1.29, 1.82) is 0 Å². The Morgan fingerprint density at radius 3 is 2.17 bits per heavy atom. The molecule has 0 spiro atoms. The fourth-order valence-corrected chi connectivity index (χ4v) is 2.28. The molecule has 23 heavy (non-hydrogen) atoms. The summed E-state index contributed by atoms with van der Waals surface area (Å²) in [4.78, 5) is 20.8. The Morgan fingerprint density at radius 2 is 1.74 bits per heavy atom. The van der Waals surface area contributed by atoms with E-state index >= 15 is 0 Å². The van der Waals surface area contributed by atoms with Gasteiger partial charge < -0.3 is 25.1 Å². The van der Waals surface area contributed by atoms with Crippen LogP contribution >= 0.6 is 0 Å². The number of carbonyl (C=O) groups excluding carboxylic acids is 1. The third-order valence-electron chi connectivity index (χ3n) is 2.73. The molecule has 1 heterocycles. The molecule has 0 radical (unpaired) electrons. The lowest BCUT2D eigenvalue weighted by molar-refractivity contribution is -0.300. The molecule has 0 aromatic heterocycles. The van der Waals surface area contributed by atoms with Crippen molar-refractivity contribution < 1.29 is 28.9 Å². The Balaban J connectivity index is 0.00000108. The van der Waals surface area contributed by atoms with Crippen LogP contribution in [0.25, 0.3) is 0 Å². The maximum absolute atomic E-state index is 11.8. The summed E-state index contributed by atoms with van der Waals surface area (Å²) in [5.74, 6) is -1.74. The molecule has 7 nitrogen and oxygen atoms in total. The molecule has 2 atom stereocenters. The molecule has 136 valence electrons. The molecule has 0 saturated carbocycles. The summed E-state index contributed by atoms with van der Waals surface area (Å²) in [5, 5.41) is 7.42. The zero-order chi connectivity index (χ0) is 18.3. The fraction of sp³-hybridized carbons (Fsp3) is 0.875. The lowest BCUT2D eigenvalue weighted by Crippen LogP contribution is -2.46. The first-order valence-corrected chi connectivity index (χ1v) is 7.81. The molecule has 0 aliphatic carbocycles. The van der Waals surface area contributed by atoms with Crippen LogP contribution in [0.3, 0.4) is 0 Å². The molecule has 1 aliphatic rings. The molecule has 1 rings (SSSR count). The Kier molecular flexibility index (Phi) is 8.73. The summed E-state index contributed by atoms with van der Waals surface area (Å²) in [6, 6.07) is 0. The van der Waals surface area contributed by atoms with Crippen molar-refractivity contribution in [3.63, 3.8) is 0 Å². The number of carbonyl (C=O) groups is 2. The van der Waals surface area contributed by atoms with Crippen LogP contribution in [0.5, 0.6) is 0 Å². The van der Waals surface area contributed by atoms with Crippen molar-refractivity contribution in [2.75, 3.05) is 6.54 Å². The third kappa shape index (κ3) is 12.0. The minimum Gasteiger partial charge on any atom is -0.481 e. The number of esters is 1. The lowest BCUT2D eigenvalue weighted by Gasteiger charge is -2.40. The van der Waals surface area contributed by atoms with Gasteiger partial charge in [-0.15, -0.1) is 0 Å². The van der Waals surface area contributed by atoms with E-state index in [2.05, 4.69) is 0 Å². The highest BCUT2D eigenvalue weighted by molar-refractivity contribution is 5.70. The zero-order valence-electron chi connectivity index (χ0n) is 15.0. The molecule has 1 saturated heterocycles. The second kappa shape index (κ2) is 9.20. The van der Waals surface area contributed by atoms with Crippen LogP contribution in [0, 0.1) is 0 Å². The molecule has 0 unspecified atom stereocenters. The monoisotopic (exact) mass is 333 g/mol. The van der Waals surface area contributed by atoms with E-state index in [1.54, 1.807) is 0 Å². The molecular weight excluding hydrogens is 302 g/mol. The molecule has 0 aromatic carbocycles. The van der Waals surface area contributed by atoms with Gasteiger partial charge in [0.15, 0.2) is 5.79 Å². The second-order valence-corrected chi connectivity index (χ2v) is 7.00. The first kappa shape index (κ1) is 21.8. The highest BCUT2D eigenvalue weighted by Gasteiger charge is 2.36. The number of nitrogens with two attached hydrogens (primary N) is 1. The average Bonchev–Trinajstić information content (AvgIpc) is 2.22. The molecule has 0 aromatic rings. The van der Waals surface area contributed by atoms with E-state index in [1.165, 1.54) is 0 Å². The predicted molar refractivity (Wildman–Crippen MR) is 85.9 cm³/mol. The summed E-state index contributed by atoms with van der Waals surface area (Å²) in [7, 11) is 0. The SMILES string of the molecule is CC(=O)O.CC(C)(C)OC(=O)C[C@H]1C[C@@H](CCN)OC(C)(C)O1. The van der Waals surface area contributed by atoms with E-state index in [0.29, 0.717) is 13.0 Å². The van der Waals surface area contributed by atoms with Crippen LogP contribution in [0.2, 0.25) is 0 Å². The number of hydrogen-bond donors (Lipinski definition) is 2. The largest absolute Gasteiger partial charge is 0.481 e. The Labute approximate surface area is 138 Å². The van der Waals surface area contributed by atoms with Crippen molar-refractivity contribution in [3.8, 4) is 0 Å². The van der Waals surface area contributed by atoms with E-state index < -0.39 is 17.4 Å². The van der Waals surface area contributed by atoms with Gasteiger partial charge in [0.1, 0.15) is 5.60 Å². The van der Waals surface area contributed by atoms with Gasteiger partial charge in [-0.25, -0.2) is 0 Å². The van der Waals surface area contributed by atoms with Crippen LogP contribution in [0.4, 0.5) is 0 Å². The zero-order valence-corrected chi connectivity index (χ0v) is 15.0. The maximum atomic E-state index is 11.8. The van der Waals surface area contributed by atoms with Crippen molar-refractivity contribution in [2.24, 2.45) is 5.73 Å². The molecule has 1 fully saturated rings. The predicted octanol–water partition coefficient (Wildman–Crippen LogP) is 2.07. The maximum Gasteiger partial charge on any atom is 0.308 e. The van der Waals surface area contributed by atoms with Gasteiger partial charge in [-0.3, -0.25) is 9.59 Å². The Morgan fingerprint density at radius 1 is 1.26 bits per heavy atom. The van der Waals surface area contributed by atoms with Gasteiger partial charge in [0.25, 0.3) is 5.97 Å².